The van der Waals surface area contributed by atoms with E-state index >= 15 is 0 Å². The Morgan fingerprint density at radius 2 is 1.68 bits per heavy atom. The van der Waals surface area contributed by atoms with Crippen molar-refractivity contribution >= 4 is 40.8 Å². The van der Waals surface area contributed by atoms with Gasteiger partial charge in [0.2, 0.25) is 5.91 Å². The molecule has 2 aromatic carbocycles. The van der Waals surface area contributed by atoms with E-state index in [-0.39, 0.29) is 5.91 Å². The number of anilines is 2. The van der Waals surface area contributed by atoms with Crippen LogP contribution in [0.3, 0.4) is 0 Å². The molecule has 31 heavy (non-hydrogen) atoms. The third-order valence-corrected chi connectivity index (χ3v) is 6.43. The van der Waals surface area contributed by atoms with E-state index in [0.717, 1.165) is 42.6 Å². The summed E-state index contributed by atoms with van der Waals surface area (Å²) in [6.07, 6.45) is 1.57. The summed E-state index contributed by atoms with van der Waals surface area (Å²) in [6.45, 7) is 4.10. The van der Waals surface area contributed by atoms with Crippen LogP contribution in [-0.2, 0) is 11.3 Å². The molecule has 1 aliphatic heterocycles. The van der Waals surface area contributed by atoms with E-state index in [4.69, 9.17) is 11.6 Å². The summed E-state index contributed by atoms with van der Waals surface area (Å²) < 4.78 is 0. The molecule has 1 fully saturated rings. The Bertz CT molecular complexity index is 1010. The summed E-state index contributed by atoms with van der Waals surface area (Å²) in [7, 11) is 0. The minimum absolute atomic E-state index is 0.0541. The molecule has 0 radical (unpaired) electrons. The van der Waals surface area contributed by atoms with E-state index in [2.05, 4.69) is 49.4 Å². The lowest BCUT2D eigenvalue weighted by Gasteiger charge is -2.36. The number of carbonyl (C=O) groups is 1. The van der Waals surface area contributed by atoms with Crippen molar-refractivity contribution in [2.75, 3.05) is 41.7 Å². The fourth-order valence-corrected chi connectivity index (χ4v) is 4.33. The van der Waals surface area contributed by atoms with Crippen LogP contribution in [0.2, 0.25) is 5.02 Å². The third-order valence-electron chi connectivity index (χ3n) is 5.14. The number of amides is 1. The van der Waals surface area contributed by atoms with Crippen LogP contribution in [0, 0.1) is 0 Å². The molecule has 1 N–H and O–H groups in total. The predicted molar refractivity (Wildman–Crippen MR) is 127 cm³/mol. The summed E-state index contributed by atoms with van der Waals surface area (Å²) in [5.74, 6) is 1.14. The van der Waals surface area contributed by atoms with E-state index in [1.165, 1.54) is 17.4 Å². The van der Waals surface area contributed by atoms with Gasteiger partial charge in [0.05, 0.1) is 5.75 Å². The zero-order valence-corrected chi connectivity index (χ0v) is 18.6. The number of thioether (sulfide) groups is 1. The van der Waals surface area contributed by atoms with Gasteiger partial charge in [0, 0.05) is 49.5 Å². The van der Waals surface area contributed by atoms with Crippen LogP contribution in [-0.4, -0.2) is 47.8 Å². The Morgan fingerprint density at radius 3 is 2.45 bits per heavy atom. The van der Waals surface area contributed by atoms with E-state index in [0.29, 0.717) is 17.3 Å². The average Bonchev–Trinajstić information content (AvgIpc) is 2.83. The third kappa shape index (κ3) is 5.89. The van der Waals surface area contributed by atoms with E-state index in [9.17, 15) is 4.79 Å². The summed E-state index contributed by atoms with van der Waals surface area (Å²) in [6, 6.07) is 19.9. The van der Waals surface area contributed by atoms with Gasteiger partial charge in [-0.1, -0.05) is 59.8 Å². The first kappa shape index (κ1) is 21.5. The molecule has 0 atom stereocenters. The molecule has 6 nitrogen and oxygen atoms in total. The monoisotopic (exact) mass is 453 g/mol. The topological polar surface area (TPSA) is 61.4 Å². The summed E-state index contributed by atoms with van der Waals surface area (Å²) >= 11 is 7.54. The number of hydrogen-bond donors (Lipinski definition) is 1. The van der Waals surface area contributed by atoms with Crippen molar-refractivity contribution in [3.05, 3.63) is 77.6 Å². The Hall–Kier alpha value is -2.77. The zero-order valence-electron chi connectivity index (χ0n) is 17.1. The fourth-order valence-electron chi connectivity index (χ4n) is 3.44. The van der Waals surface area contributed by atoms with Crippen molar-refractivity contribution in [2.45, 2.75) is 11.6 Å². The molecule has 1 aliphatic rings. The highest BCUT2D eigenvalue weighted by Gasteiger charge is 2.19. The smallest absolute Gasteiger partial charge is 0.230 e. The van der Waals surface area contributed by atoms with Gasteiger partial charge in [-0.2, -0.15) is 0 Å². The molecule has 3 aromatic rings. The highest BCUT2D eigenvalue weighted by molar-refractivity contribution is 7.99. The number of halogens is 1. The first-order valence-corrected chi connectivity index (χ1v) is 11.6. The van der Waals surface area contributed by atoms with Crippen molar-refractivity contribution in [3.63, 3.8) is 0 Å². The molecular formula is C23H24ClN5OS. The lowest BCUT2D eigenvalue weighted by molar-refractivity contribution is -0.118. The van der Waals surface area contributed by atoms with Crippen molar-refractivity contribution in [2.24, 2.45) is 0 Å². The maximum absolute atomic E-state index is 12.2. The first-order chi connectivity index (χ1) is 15.2. The summed E-state index contributed by atoms with van der Waals surface area (Å²) in [5, 5.41) is 4.36. The molecule has 0 bridgehead atoms. The number of hydrogen-bond acceptors (Lipinski definition) is 6. The van der Waals surface area contributed by atoms with Crippen molar-refractivity contribution in [1.29, 1.82) is 0 Å². The van der Waals surface area contributed by atoms with Gasteiger partial charge in [-0.3, -0.25) is 4.79 Å². The molecule has 0 saturated carbocycles. The highest BCUT2D eigenvalue weighted by Crippen LogP contribution is 2.22. The molecule has 0 spiro atoms. The molecule has 1 saturated heterocycles. The number of carbonyl (C=O) groups excluding carboxylic acids is 1. The van der Waals surface area contributed by atoms with Crippen LogP contribution in [0.25, 0.3) is 0 Å². The second kappa shape index (κ2) is 10.5. The fraction of sp³-hybridized carbons (Fsp3) is 0.261. The van der Waals surface area contributed by atoms with Crippen molar-refractivity contribution in [3.8, 4) is 0 Å². The van der Waals surface area contributed by atoms with Crippen LogP contribution in [0.1, 0.15) is 5.56 Å². The van der Waals surface area contributed by atoms with Gasteiger partial charge in [-0.25, -0.2) is 9.97 Å². The van der Waals surface area contributed by atoms with Gasteiger partial charge in [-0.05, 0) is 23.8 Å². The first-order valence-electron chi connectivity index (χ1n) is 10.2. The maximum atomic E-state index is 12.2. The van der Waals surface area contributed by atoms with Gasteiger partial charge < -0.3 is 15.1 Å². The Labute approximate surface area is 191 Å². The minimum Gasteiger partial charge on any atom is -0.368 e. The van der Waals surface area contributed by atoms with Crippen LogP contribution >= 0.6 is 23.4 Å². The number of aromatic nitrogens is 2. The normalized spacial score (nSPS) is 13.8. The van der Waals surface area contributed by atoms with Gasteiger partial charge >= 0.3 is 0 Å². The van der Waals surface area contributed by atoms with Gasteiger partial charge in [0.15, 0.2) is 0 Å². The van der Waals surface area contributed by atoms with Crippen molar-refractivity contribution in [1.82, 2.24) is 15.3 Å². The van der Waals surface area contributed by atoms with Crippen LogP contribution in [0.5, 0.6) is 0 Å². The van der Waals surface area contributed by atoms with Crippen LogP contribution in [0.4, 0.5) is 11.5 Å². The predicted octanol–water partition coefficient (Wildman–Crippen LogP) is 3.87. The number of piperazine rings is 1. The SMILES string of the molecule is O=C(CSc1cc(N2CCN(c3ccccc3)CC2)ncn1)NCc1ccccc1Cl. The molecular weight excluding hydrogens is 430 g/mol. The number of nitrogens with zero attached hydrogens (tertiary/aromatic N) is 4. The lowest BCUT2D eigenvalue weighted by Crippen LogP contribution is -2.46. The van der Waals surface area contributed by atoms with Gasteiger partial charge in [-0.15, -0.1) is 0 Å². The van der Waals surface area contributed by atoms with E-state index < -0.39 is 0 Å². The second-order valence-electron chi connectivity index (χ2n) is 7.18. The van der Waals surface area contributed by atoms with Crippen LogP contribution in [0.15, 0.2) is 72.0 Å². The Kier molecular flexibility index (Phi) is 7.27. The molecule has 1 amide bonds. The number of rotatable bonds is 7. The zero-order chi connectivity index (χ0) is 21.5. The van der Waals surface area contributed by atoms with E-state index in [1.54, 1.807) is 6.33 Å². The standard InChI is InChI=1S/C23H24ClN5OS/c24-20-9-5-4-6-18(20)15-25-22(30)16-31-23-14-21(26-17-27-23)29-12-10-28(11-13-29)19-7-2-1-3-8-19/h1-9,14,17H,10-13,15-16H2,(H,25,30). The molecule has 160 valence electrons. The van der Waals surface area contributed by atoms with Crippen LogP contribution < -0.4 is 15.1 Å². The van der Waals surface area contributed by atoms with Crippen molar-refractivity contribution < 1.29 is 4.79 Å². The summed E-state index contributed by atoms with van der Waals surface area (Å²) in [4.78, 5) is 25.6. The molecule has 4 rings (SSSR count). The maximum Gasteiger partial charge on any atom is 0.230 e. The Morgan fingerprint density at radius 1 is 0.968 bits per heavy atom. The number of nitrogens with one attached hydrogen (secondary N) is 1. The minimum atomic E-state index is -0.0541. The molecule has 0 unspecified atom stereocenters. The molecule has 2 heterocycles. The van der Waals surface area contributed by atoms with E-state index in [1.807, 2.05) is 36.4 Å². The number of benzene rings is 2. The summed E-state index contributed by atoms with van der Waals surface area (Å²) in [5.41, 5.74) is 2.16. The largest absolute Gasteiger partial charge is 0.368 e. The van der Waals surface area contributed by atoms with Gasteiger partial charge in [0.25, 0.3) is 0 Å². The Balaban J connectivity index is 1.27. The quantitative estimate of drug-likeness (QED) is 0.433. The second-order valence-corrected chi connectivity index (χ2v) is 8.58. The van der Waals surface area contributed by atoms with Gasteiger partial charge in [0.1, 0.15) is 17.2 Å². The molecule has 8 heteroatoms. The molecule has 0 aliphatic carbocycles. The average molecular weight is 454 g/mol. The molecule has 1 aromatic heterocycles. The number of para-hydroxylation sites is 1. The highest BCUT2D eigenvalue weighted by atomic mass is 35.5. The lowest BCUT2D eigenvalue weighted by atomic mass is 10.2.